The molecule has 2 aromatic carbocycles. The molecule has 1 atom stereocenters. The number of amides is 1. The summed E-state index contributed by atoms with van der Waals surface area (Å²) in [7, 11) is 1.48. The monoisotopic (exact) mass is 420 g/mol. The summed E-state index contributed by atoms with van der Waals surface area (Å²) in [6.07, 6.45) is 1.54. The molecule has 1 saturated heterocycles. The summed E-state index contributed by atoms with van der Waals surface area (Å²) in [6, 6.07) is 17.9. The van der Waals surface area contributed by atoms with Gasteiger partial charge in [0.2, 0.25) is 0 Å². The molecule has 1 aliphatic rings. The summed E-state index contributed by atoms with van der Waals surface area (Å²) in [5, 5.41) is 11.3. The standard InChI is InChI=1S/C23H17ClN2O4/c1-30-17-11-10-15(13-16(17)24)21(27)19-20(14-7-3-2-4-8-14)26(23(29)22(19)28)18-9-5-6-12-25-18/h2-13,20,27H,1H3/b21-19+/t20-/m1/s1. The van der Waals surface area contributed by atoms with Crippen LogP contribution in [0.25, 0.3) is 5.76 Å². The first-order chi connectivity index (χ1) is 14.5. The predicted molar refractivity (Wildman–Crippen MR) is 113 cm³/mol. The van der Waals surface area contributed by atoms with Crippen LogP contribution in [-0.2, 0) is 9.59 Å². The van der Waals surface area contributed by atoms with E-state index in [0.29, 0.717) is 22.7 Å². The van der Waals surface area contributed by atoms with E-state index < -0.39 is 17.7 Å². The molecule has 4 rings (SSSR count). The van der Waals surface area contributed by atoms with E-state index in [1.807, 2.05) is 6.07 Å². The van der Waals surface area contributed by atoms with Gasteiger partial charge < -0.3 is 9.84 Å². The zero-order chi connectivity index (χ0) is 21.3. The van der Waals surface area contributed by atoms with Gasteiger partial charge in [0.25, 0.3) is 5.78 Å². The van der Waals surface area contributed by atoms with Gasteiger partial charge in [-0.1, -0.05) is 48.0 Å². The van der Waals surface area contributed by atoms with E-state index in [2.05, 4.69) is 4.98 Å². The molecule has 0 bridgehead atoms. The number of benzene rings is 2. The lowest BCUT2D eigenvalue weighted by Crippen LogP contribution is -2.30. The van der Waals surface area contributed by atoms with Gasteiger partial charge in [0, 0.05) is 11.8 Å². The van der Waals surface area contributed by atoms with Crippen molar-refractivity contribution in [2.24, 2.45) is 0 Å². The molecule has 0 unspecified atom stereocenters. The predicted octanol–water partition coefficient (Wildman–Crippen LogP) is 4.37. The zero-order valence-electron chi connectivity index (χ0n) is 15.9. The number of hydrogen-bond donors (Lipinski definition) is 1. The van der Waals surface area contributed by atoms with Crippen LogP contribution in [0.1, 0.15) is 17.2 Å². The minimum atomic E-state index is -0.832. The molecule has 1 aromatic heterocycles. The minimum absolute atomic E-state index is 0.0295. The van der Waals surface area contributed by atoms with Crippen LogP contribution < -0.4 is 9.64 Å². The van der Waals surface area contributed by atoms with Crippen molar-refractivity contribution in [2.45, 2.75) is 6.04 Å². The van der Waals surface area contributed by atoms with Crippen LogP contribution in [-0.4, -0.2) is 28.9 Å². The first-order valence-electron chi connectivity index (χ1n) is 9.14. The maximum atomic E-state index is 13.0. The summed E-state index contributed by atoms with van der Waals surface area (Å²) in [4.78, 5) is 31.5. The number of rotatable bonds is 4. The summed E-state index contributed by atoms with van der Waals surface area (Å²) in [5.74, 6) is -1.12. The molecule has 6 nitrogen and oxygen atoms in total. The van der Waals surface area contributed by atoms with Crippen LogP contribution in [0.5, 0.6) is 5.75 Å². The molecule has 2 heterocycles. The number of aromatic nitrogens is 1. The lowest BCUT2D eigenvalue weighted by atomic mass is 9.95. The largest absolute Gasteiger partial charge is 0.507 e. The Kier molecular flexibility index (Phi) is 5.25. The molecule has 1 N–H and O–H groups in total. The van der Waals surface area contributed by atoms with Crippen LogP contribution >= 0.6 is 11.6 Å². The second-order valence-electron chi connectivity index (χ2n) is 6.62. The van der Waals surface area contributed by atoms with Gasteiger partial charge in [-0.15, -0.1) is 0 Å². The van der Waals surface area contributed by atoms with Crippen LogP contribution in [0, 0.1) is 0 Å². The van der Waals surface area contributed by atoms with Gasteiger partial charge in [-0.25, -0.2) is 4.98 Å². The van der Waals surface area contributed by atoms with Crippen molar-refractivity contribution >= 4 is 34.9 Å². The number of halogens is 1. The SMILES string of the molecule is COc1ccc(/C(O)=C2\C(=O)C(=O)N(c3ccccn3)[C@@H]2c2ccccc2)cc1Cl. The summed E-state index contributed by atoms with van der Waals surface area (Å²) in [5.41, 5.74) is 0.947. The Labute approximate surface area is 178 Å². The van der Waals surface area contributed by atoms with Crippen molar-refractivity contribution in [2.75, 3.05) is 12.0 Å². The van der Waals surface area contributed by atoms with Crippen LogP contribution in [0.15, 0.2) is 78.5 Å². The van der Waals surface area contributed by atoms with Crippen molar-refractivity contribution in [3.05, 3.63) is 94.6 Å². The number of ether oxygens (including phenoxy) is 1. The number of methoxy groups -OCH3 is 1. The fourth-order valence-corrected chi connectivity index (χ4v) is 3.74. The normalized spacial score (nSPS) is 17.9. The molecule has 3 aromatic rings. The average molecular weight is 421 g/mol. The number of aliphatic hydroxyl groups is 1. The van der Waals surface area contributed by atoms with E-state index in [4.69, 9.17) is 16.3 Å². The molecular formula is C23H17ClN2O4. The number of anilines is 1. The molecule has 30 heavy (non-hydrogen) atoms. The second-order valence-corrected chi connectivity index (χ2v) is 7.02. The fraction of sp³-hybridized carbons (Fsp3) is 0.0870. The maximum Gasteiger partial charge on any atom is 0.301 e. The number of hydrogen-bond acceptors (Lipinski definition) is 5. The molecule has 0 spiro atoms. The smallest absolute Gasteiger partial charge is 0.301 e. The molecule has 1 aliphatic heterocycles. The van der Waals surface area contributed by atoms with Gasteiger partial charge in [-0.05, 0) is 35.9 Å². The molecule has 0 aliphatic carbocycles. The molecule has 0 saturated carbocycles. The Balaban J connectivity index is 1.93. The average Bonchev–Trinajstić information content (AvgIpc) is 3.05. The highest BCUT2D eigenvalue weighted by Gasteiger charge is 2.47. The van der Waals surface area contributed by atoms with Crippen LogP contribution in [0.3, 0.4) is 0 Å². The Morgan fingerprint density at radius 3 is 2.43 bits per heavy atom. The Hall–Kier alpha value is -3.64. The third-order valence-corrected chi connectivity index (χ3v) is 5.18. The van der Waals surface area contributed by atoms with E-state index in [-0.39, 0.29) is 16.4 Å². The molecule has 150 valence electrons. The topological polar surface area (TPSA) is 79.7 Å². The fourth-order valence-electron chi connectivity index (χ4n) is 3.48. The van der Waals surface area contributed by atoms with Crippen molar-refractivity contribution in [1.82, 2.24) is 4.98 Å². The van der Waals surface area contributed by atoms with Crippen molar-refractivity contribution in [1.29, 1.82) is 0 Å². The lowest BCUT2D eigenvalue weighted by molar-refractivity contribution is -0.132. The van der Waals surface area contributed by atoms with Crippen molar-refractivity contribution < 1.29 is 19.4 Å². The van der Waals surface area contributed by atoms with E-state index in [9.17, 15) is 14.7 Å². The summed E-state index contributed by atoms with van der Waals surface area (Å²) in [6.45, 7) is 0. The first-order valence-corrected chi connectivity index (χ1v) is 9.51. The zero-order valence-corrected chi connectivity index (χ0v) is 16.7. The maximum absolute atomic E-state index is 13.0. The summed E-state index contributed by atoms with van der Waals surface area (Å²) < 4.78 is 5.14. The molecule has 1 amide bonds. The van der Waals surface area contributed by atoms with Crippen molar-refractivity contribution in [3.8, 4) is 5.75 Å². The lowest BCUT2D eigenvalue weighted by Gasteiger charge is -2.24. The van der Waals surface area contributed by atoms with Crippen LogP contribution in [0.2, 0.25) is 5.02 Å². The van der Waals surface area contributed by atoms with Gasteiger partial charge in [0.15, 0.2) is 0 Å². The van der Waals surface area contributed by atoms with E-state index in [1.165, 1.54) is 18.1 Å². The second kappa shape index (κ2) is 8.00. The number of nitrogens with zero attached hydrogens (tertiary/aromatic N) is 2. The third-order valence-electron chi connectivity index (χ3n) is 4.88. The quantitative estimate of drug-likeness (QED) is 0.385. The number of aliphatic hydroxyl groups excluding tert-OH is 1. The van der Waals surface area contributed by atoms with Gasteiger partial charge >= 0.3 is 5.91 Å². The number of pyridine rings is 1. The first kappa shape index (κ1) is 19.7. The van der Waals surface area contributed by atoms with Crippen LogP contribution in [0.4, 0.5) is 5.82 Å². The Bertz CT molecular complexity index is 1150. The number of ketones is 1. The Morgan fingerprint density at radius 1 is 1.07 bits per heavy atom. The highest BCUT2D eigenvalue weighted by atomic mass is 35.5. The molecule has 0 radical (unpaired) electrons. The van der Waals surface area contributed by atoms with E-state index >= 15 is 0 Å². The minimum Gasteiger partial charge on any atom is -0.507 e. The molecular weight excluding hydrogens is 404 g/mol. The Morgan fingerprint density at radius 2 is 1.80 bits per heavy atom. The van der Waals surface area contributed by atoms with Crippen molar-refractivity contribution in [3.63, 3.8) is 0 Å². The number of carbonyl (C=O) groups is 2. The third kappa shape index (κ3) is 3.31. The highest BCUT2D eigenvalue weighted by Crippen LogP contribution is 2.42. The van der Waals surface area contributed by atoms with Gasteiger partial charge in [0.05, 0.1) is 23.7 Å². The van der Waals surface area contributed by atoms with Gasteiger partial charge in [0.1, 0.15) is 17.3 Å². The van der Waals surface area contributed by atoms with E-state index in [1.54, 1.807) is 60.8 Å². The summed E-state index contributed by atoms with van der Waals surface area (Å²) >= 11 is 6.19. The number of Topliss-reactive ketones (excluding diaryl/α,β-unsaturated/α-hetero) is 1. The highest BCUT2D eigenvalue weighted by molar-refractivity contribution is 6.51. The number of carbonyl (C=O) groups excluding carboxylic acids is 2. The van der Waals surface area contributed by atoms with Gasteiger partial charge in [-0.2, -0.15) is 0 Å². The van der Waals surface area contributed by atoms with Gasteiger partial charge in [-0.3, -0.25) is 14.5 Å². The molecule has 7 heteroatoms. The van der Waals surface area contributed by atoms with E-state index in [0.717, 1.165) is 0 Å². The molecule has 1 fully saturated rings.